The molecule has 0 radical (unpaired) electrons. The molecule has 2 rings (SSSR count). The summed E-state index contributed by atoms with van der Waals surface area (Å²) in [6.45, 7) is 9.00. The van der Waals surface area contributed by atoms with Crippen molar-refractivity contribution in [1.29, 1.82) is 0 Å². The predicted molar refractivity (Wildman–Crippen MR) is 80.7 cm³/mol. The van der Waals surface area contributed by atoms with Gasteiger partial charge in [0.25, 0.3) is 0 Å². The molecule has 0 amide bonds. The van der Waals surface area contributed by atoms with E-state index in [2.05, 4.69) is 29.0 Å². The molecule has 19 heavy (non-hydrogen) atoms. The summed E-state index contributed by atoms with van der Waals surface area (Å²) >= 11 is 1.24. The van der Waals surface area contributed by atoms with Crippen LogP contribution >= 0.6 is 11.3 Å². The Bertz CT molecular complexity index is 420. The summed E-state index contributed by atoms with van der Waals surface area (Å²) in [5, 5.41) is 5.46. The van der Waals surface area contributed by atoms with Gasteiger partial charge in [0.15, 0.2) is 0 Å². The molecule has 1 aromatic heterocycles. The molecule has 1 aliphatic heterocycles. The molecule has 1 atom stereocenters. The minimum absolute atomic E-state index is 0.0392. The number of aromatic nitrogens is 1. The van der Waals surface area contributed by atoms with Gasteiger partial charge in [-0.05, 0) is 51.7 Å². The molecular formula is C14H25N3OS. The second kappa shape index (κ2) is 7.22. The first-order valence-electron chi connectivity index (χ1n) is 7.31. The van der Waals surface area contributed by atoms with Crippen LogP contribution in [0.5, 0.6) is 0 Å². The van der Waals surface area contributed by atoms with E-state index >= 15 is 0 Å². The van der Waals surface area contributed by atoms with E-state index in [-0.39, 0.29) is 4.87 Å². The lowest BCUT2D eigenvalue weighted by Crippen LogP contribution is -2.42. The monoisotopic (exact) mass is 283 g/mol. The zero-order valence-electron chi connectivity index (χ0n) is 11.9. The molecule has 4 nitrogen and oxygen atoms in total. The van der Waals surface area contributed by atoms with Crippen molar-refractivity contribution < 1.29 is 0 Å². The second-order valence-electron chi connectivity index (χ2n) is 5.52. The summed E-state index contributed by atoms with van der Waals surface area (Å²) in [7, 11) is 0. The summed E-state index contributed by atoms with van der Waals surface area (Å²) < 4.78 is 0. The summed E-state index contributed by atoms with van der Waals surface area (Å²) in [5.41, 5.74) is 1.00. The third-order valence-corrected chi connectivity index (χ3v) is 4.78. The van der Waals surface area contributed by atoms with Crippen LogP contribution in [0.2, 0.25) is 0 Å². The Kier molecular flexibility index (Phi) is 5.60. The Labute approximate surface area is 119 Å². The zero-order chi connectivity index (χ0) is 13.7. The highest BCUT2D eigenvalue weighted by molar-refractivity contribution is 7.07. The smallest absolute Gasteiger partial charge is 0.304 e. The minimum atomic E-state index is 0.0392. The topological polar surface area (TPSA) is 48.1 Å². The number of rotatable bonds is 6. The maximum atomic E-state index is 11.1. The highest BCUT2D eigenvalue weighted by atomic mass is 32.1. The Morgan fingerprint density at radius 2 is 2.26 bits per heavy atom. The van der Waals surface area contributed by atoms with Gasteiger partial charge < -0.3 is 15.2 Å². The number of hydrogen-bond acceptors (Lipinski definition) is 4. The quantitative estimate of drug-likeness (QED) is 0.840. The summed E-state index contributed by atoms with van der Waals surface area (Å²) in [5.74, 6) is 0.762. The van der Waals surface area contributed by atoms with Gasteiger partial charge in [-0.3, -0.25) is 4.79 Å². The molecule has 0 aliphatic carbocycles. The maximum Gasteiger partial charge on any atom is 0.304 e. The Morgan fingerprint density at radius 1 is 1.53 bits per heavy atom. The Balaban J connectivity index is 1.72. The number of nitrogens with one attached hydrogen (secondary N) is 2. The lowest BCUT2D eigenvalue weighted by atomic mass is 9.90. The molecule has 1 aromatic rings. The Morgan fingerprint density at radius 3 is 2.84 bits per heavy atom. The van der Waals surface area contributed by atoms with Gasteiger partial charge in [0.1, 0.15) is 0 Å². The normalized spacial score (nSPS) is 19.7. The van der Waals surface area contributed by atoms with Gasteiger partial charge in [-0.25, -0.2) is 0 Å². The molecule has 5 heteroatoms. The maximum absolute atomic E-state index is 11.1. The van der Waals surface area contributed by atoms with Gasteiger partial charge in [-0.2, -0.15) is 0 Å². The summed E-state index contributed by atoms with van der Waals surface area (Å²) in [6.07, 6.45) is 3.83. The summed E-state index contributed by atoms with van der Waals surface area (Å²) in [4.78, 5) is 16.5. The molecule has 2 heterocycles. The molecule has 1 aliphatic rings. The van der Waals surface area contributed by atoms with Crippen molar-refractivity contribution in [2.24, 2.45) is 5.92 Å². The number of nitrogens with zero attached hydrogens (tertiary/aromatic N) is 1. The van der Waals surface area contributed by atoms with Crippen LogP contribution in [0.15, 0.2) is 10.2 Å². The first-order chi connectivity index (χ1) is 9.19. The number of piperidine rings is 1. The van der Waals surface area contributed by atoms with Crippen molar-refractivity contribution in [3.8, 4) is 0 Å². The second-order valence-corrected chi connectivity index (χ2v) is 6.36. The average molecular weight is 283 g/mol. The van der Waals surface area contributed by atoms with E-state index < -0.39 is 0 Å². The van der Waals surface area contributed by atoms with Crippen molar-refractivity contribution in [2.75, 3.05) is 19.6 Å². The molecule has 1 fully saturated rings. The molecule has 0 aromatic carbocycles. The fourth-order valence-electron chi connectivity index (χ4n) is 2.83. The first-order valence-corrected chi connectivity index (χ1v) is 8.19. The molecule has 0 spiro atoms. The lowest BCUT2D eigenvalue weighted by Gasteiger charge is -2.35. The van der Waals surface area contributed by atoms with Crippen LogP contribution in [0.1, 0.15) is 38.8 Å². The van der Waals surface area contributed by atoms with E-state index in [4.69, 9.17) is 0 Å². The first kappa shape index (κ1) is 14.8. The fourth-order valence-corrected chi connectivity index (χ4v) is 3.41. The van der Waals surface area contributed by atoms with E-state index in [0.29, 0.717) is 6.04 Å². The third kappa shape index (κ3) is 4.44. The van der Waals surface area contributed by atoms with Crippen LogP contribution in [0.25, 0.3) is 0 Å². The number of likely N-dealkylation sites (tertiary alicyclic amines) is 1. The van der Waals surface area contributed by atoms with Crippen molar-refractivity contribution >= 4 is 11.3 Å². The van der Waals surface area contributed by atoms with E-state index in [9.17, 15) is 4.79 Å². The SMILES string of the molecule is CCCN1CCC(C(C)NCc2csc(=O)[nH]2)CC1. The van der Waals surface area contributed by atoms with E-state index in [1.54, 1.807) is 0 Å². The fraction of sp³-hybridized carbons (Fsp3) is 0.786. The molecule has 0 bridgehead atoms. The van der Waals surface area contributed by atoms with Gasteiger partial charge in [-0.1, -0.05) is 18.3 Å². The van der Waals surface area contributed by atoms with Crippen LogP contribution in [-0.4, -0.2) is 35.6 Å². The number of hydrogen-bond donors (Lipinski definition) is 2. The summed E-state index contributed by atoms with van der Waals surface area (Å²) in [6, 6.07) is 0.521. The molecule has 1 unspecified atom stereocenters. The van der Waals surface area contributed by atoms with Gasteiger partial charge in [0.2, 0.25) is 0 Å². The Hall–Kier alpha value is -0.650. The van der Waals surface area contributed by atoms with Crippen molar-refractivity contribution in [3.63, 3.8) is 0 Å². The van der Waals surface area contributed by atoms with Crippen LogP contribution in [0, 0.1) is 5.92 Å². The van der Waals surface area contributed by atoms with Gasteiger partial charge >= 0.3 is 4.87 Å². The number of aromatic amines is 1. The largest absolute Gasteiger partial charge is 0.315 e. The molecular weight excluding hydrogens is 258 g/mol. The van der Waals surface area contributed by atoms with E-state index in [1.807, 2.05) is 5.38 Å². The zero-order valence-corrected chi connectivity index (χ0v) is 12.8. The van der Waals surface area contributed by atoms with E-state index in [1.165, 1.54) is 50.2 Å². The van der Waals surface area contributed by atoms with Crippen LogP contribution in [0.4, 0.5) is 0 Å². The lowest BCUT2D eigenvalue weighted by molar-refractivity contribution is 0.162. The van der Waals surface area contributed by atoms with Gasteiger partial charge in [-0.15, -0.1) is 0 Å². The van der Waals surface area contributed by atoms with Gasteiger partial charge in [0, 0.05) is 23.7 Å². The highest BCUT2D eigenvalue weighted by Crippen LogP contribution is 2.20. The van der Waals surface area contributed by atoms with Crippen molar-refractivity contribution in [3.05, 3.63) is 20.7 Å². The highest BCUT2D eigenvalue weighted by Gasteiger charge is 2.23. The number of H-pyrrole nitrogens is 1. The number of thiazole rings is 1. The molecule has 1 saturated heterocycles. The van der Waals surface area contributed by atoms with Crippen LogP contribution < -0.4 is 10.2 Å². The average Bonchev–Trinajstić information content (AvgIpc) is 2.83. The van der Waals surface area contributed by atoms with E-state index in [0.717, 1.165) is 18.2 Å². The van der Waals surface area contributed by atoms with Crippen LogP contribution in [0.3, 0.4) is 0 Å². The van der Waals surface area contributed by atoms with Crippen molar-refractivity contribution in [1.82, 2.24) is 15.2 Å². The molecule has 0 saturated carbocycles. The molecule has 2 N–H and O–H groups in total. The third-order valence-electron chi connectivity index (χ3n) is 4.06. The van der Waals surface area contributed by atoms with Crippen LogP contribution in [-0.2, 0) is 6.54 Å². The predicted octanol–water partition coefficient (Wildman–Crippen LogP) is 2.04. The molecule has 108 valence electrons. The minimum Gasteiger partial charge on any atom is -0.315 e. The standard InChI is InChI=1S/C14H25N3OS/c1-3-6-17-7-4-12(5-8-17)11(2)15-9-13-10-19-14(18)16-13/h10-12,15H,3-9H2,1-2H3,(H,16,18). The van der Waals surface area contributed by atoms with Crippen molar-refractivity contribution in [2.45, 2.75) is 45.7 Å². The van der Waals surface area contributed by atoms with Gasteiger partial charge in [0.05, 0.1) is 0 Å².